The molecule has 3 saturated heterocycles. The van der Waals surface area contributed by atoms with Crippen LogP contribution >= 0.6 is 0 Å². The molecule has 1 aromatic carbocycles. The number of likely N-dealkylation sites (tertiary alicyclic amines) is 1. The van der Waals surface area contributed by atoms with Crippen molar-refractivity contribution in [2.24, 2.45) is 11.8 Å². The van der Waals surface area contributed by atoms with Gasteiger partial charge in [-0.05, 0) is 80.9 Å². The van der Waals surface area contributed by atoms with Crippen LogP contribution in [0, 0.1) is 11.8 Å². The van der Waals surface area contributed by atoms with Crippen LogP contribution in [0.3, 0.4) is 0 Å². The Labute approximate surface area is 177 Å². The number of carbonyl (C=O) groups excluding carboxylic acids is 3. The fourth-order valence-corrected chi connectivity index (χ4v) is 5.41. The number of carbonyl (C=O) groups is 3. The highest BCUT2D eigenvalue weighted by atomic mass is 16.2. The molecule has 4 aliphatic heterocycles. The average Bonchev–Trinajstić information content (AvgIpc) is 3.04. The molecule has 1 unspecified atom stereocenters. The SMILES string of the molecule is O=C1CCC(N2Cc3c(CN4CCC(CC5CNC5)CC4)cccc3C2=O)C(=O)N1. The third-order valence-corrected chi connectivity index (χ3v) is 7.31. The second-order valence-electron chi connectivity index (χ2n) is 9.32. The molecule has 5 rings (SSSR count). The molecule has 3 amide bonds. The zero-order valence-electron chi connectivity index (χ0n) is 17.4. The molecule has 30 heavy (non-hydrogen) atoms. The van der Waals surface area contributed by atoms with Crippen molar-refractivity contribution in [3.8, 4) is 0 Å². The third-order valence-electron chi connectivity index (χ3n) is 7.31. The van der Waals surface area contributed by atoms with Crippen LogP contribution in [0.2, 0.25) is 0 Å². The quantitative estimate of drug-likeness (QED) is 0.715. The van der Waals surface area contributed by atoms with Crippen LogP contribution in [0.25, 0.3) is 0 Å². The fourth-order valence-electron chi connectivity index (χ4n) is 5.41. The van der Waals surface area contributed by atoms with E-state index in [4.69, 9.17) is 0 Å². The lowest BCUT2D eigenvalue weighted by Crippen LogP contribution is -2.52. The van der Waals surface area contributed by atoms with Crippen molar-refractivity contribution < 1.29 is 14.4 Å². The number of imide groups is 1. The lowest BCUT2D eigenvalue weighted by molar-refractivity contribution is -0.136. The molecule has 3 fully saturated rings. The van der Waals surface area contributed by atoms with Gasteiger partial charge in [0, 0.05) is 25.1 Å². The summed E-state index contributed by atoms with van der Waals surface area (Å²) < 4.78 is 0. The first kappa shape index (κ1) is 19.7. The Balaban J connectivity index is 1.23. The number of amides is 3. The minimum absolute atomic E-state index is 0.0887. The summed E-state index contributed by atoms with van der Waals surface area (Å²) in [7, 11) is 0. The maximum Gasteiger partial charge on any atom is 0.255 e. The van der Waals surface area contributed by atoms with Crippen molar-refractivity contribution in [1.82, 2.24) is 20.4 Å². The Morgan fingerprint density at radius 2 is 1.80 bits per heavy atom. The van der Waals surface area contributed by atoms with Gasteiger partial charge in [0.25, 0.3) is 5.91 Å². The molecule has 1 aromatic rings. The van der Waals surface area contributed by atoms with Crippen molar-refractivity contribution in [2.75, 3.05) is 26.2 Å². The minimum Gasteiger partial charge on any atom is -0.322 e. The topological polar surface area (TPSA) is 81.8 Å². The summed E-state index contributed by atoms with van der Waals surface area (Å²) in [5, 5.41) is 5.74. The maximum atomic E-state index is 13.0. The van der Waals surface area contributed by atoms with E-state index in [-0.39, 0.29) is 24.1 Å². The first-order valence-corrected chi connectivity index (χ1v) is 11.3. The second-order valence-corrected chi connectivity index (χ2v) is 9.32. The summed E-state index contributed by atoms with van der Waals surface area (Å²) in [5.41, 5.74) is 2.96. The van der Waals surface area contributed by atoms with E-state index in [2.05, 4.69) is 21.6 Å². The molecule has 0 aromatic heterocycles. The summed E-state index contributed by atoms with van der Waals surface area (Å²) in [6, 6.07) is 5.39. The van der Waals surface area contributed by atoms with Gasteiger partial charge in [0.15, 0.2) is 0 Å². The molecule has 7 heteroatoms. The van der Waals surface area contributed by atoms with Crippen molar-refractivity contribution in [1.29, 1.82) is 0 Å². The van der Waals surface area contributed by atoms with Gasteiger partial charge in [0.2, 0.25) is 11.8 Å². The van der Waals surface area contributed by atoms with Crippen LogP contribution in [0.4, 0.5) is 0 Å². The zero-order chi connectivity index (χ0) is 20.7. The summed E-state index contributed by atoms with van der Waals surface area (Å²) >= 11 is 0. The summed E-state index contributed by atoms with van der Waals surface area (Å²) in [4.78, 5) is 40.9. The van der Waals surface area contributed by atoms with Gasteiger partial charge in [-0.2, -0.15) is 0 Å². The molecule has 4 heterocycles. The average molecular weight is 411 g/mol. The van der Waals surface area contributed by atoms with Gasteiger partial charge in [-0.25, -0.2) is 0 Å². The number of hydrogen-bond acceptors (Lipinski definition) is 5. The number of fused-ring (bicyclic) bond motifs is 1. The van der Waals surface area contributed by atoms with Crippen LogP contribution in [0.1, 0.15) is 53.6 Å². The van der Waals surface area contributed by atoms with E-state index in [1.54, 1.807) is 4.90 Å². The molecule has 0 saturated carbocycles. The van der Waals surface area contributed by atoms with Crippen LogP contribution in [0.15, 0.2) is 18.2 Å². The zero-order valence-corrected chi connectivity index (χ0v) is 17.4. The van der Waals surface area contributed by atoms with E-state index >= 15 is 0 Å². The van der Waals surface area contributed by atoms with E-state index in [9.17, 15) is 14.4 Å². The maximum absolute atomic E-state index is 13.0. The second kappa shape index (κ2) is 8.12. The van der Waals surface area contributed by atoms with Crippen LogP contribution in [-0.4, -0.2) is 59.7 Å². The Bertz CT molecular complexity index is 858. The number of piperidine rings is 2. The Kier molecular flexibility index (Phi) is 5.33. The van der Waals surface area contributed by atoms with Gasteiger partial charge in [-0.1, -0.05) is 12.1 Å². The van der Waals surface area contributed by atoms with E-state index in [1.165, 1.54) is 37.9 Å². The van der Waals surface area contributed by atoms with E-state index in [1.807, 2.05) is 12.1 Å². The number of hydrogen-bond donors (Lipinski definition) is 2. The number of rotatable bonds is 5. The van der Waals surface area contributed by atoms with Gasteiger partial charge in [0.05, 0.1) is 0 Å². The molecular formula is C23H30N4O3. The van der Waals surface area contributed by atoms with Gasteiger partial charge in [0.1, 0.15) is 6.04 Å². The van der Waals surface area contributed by atoms with E-state index in [0.717, 1.165) is 37.0 Å². The number of benzene rings is 1. The smallest absolute Gasteiger partial charge is 0.255 e. The molecule has 0 bridgehead atoms. The summed E-state index contributed by atoms with van der Waals surface area (Å²) in [6.45, 7) is 5.92. The predicted molar refractivity (Wildman–Crippen MR) is 111 cm³/mol. The van der Waals surface area contributed by atoms with Crippen molar-refractivity contribution in [2.45, 2.75) is 51.2 Å². The molecule has 2 N–H and O–H groups in total. The number of nitrogens with zero attached hydrogens (tertiary/aromatic N) is 2. The summed E-state index contributed by atoms with van der Waals surface area (Å²) in [5.74, 6) is 1.03. The van der Waals surface area contributed by atoms with E-state index in [0.29, 0.717) is 18.5 Å². The van der Waals surface area contributed by atoms with Gasteiger partial charge >= 0.3 is 0 Å². The highest BCUT2D eigenvalue weighted by molar-refractivity contribution is 6.05. The lowest BCUT2D eigenvalue weighted by Gasteiger charge is -2.36. The van der Waals surface area contributed by atoms with Crippen LogP contribution in [0.5, 0.6) is 0 Å². The summed E-state index contributed by atoms with van der Waals surface area (Å²) in [6.07, 6.45) is 4.57. The minimum atomic E-state index is -0.549. The highest BCUT2D eigenvalue weighted by Gasteiger charge is 2.40. The standard InChI is InChI=1S/C23H30N4O3/c28-21-5-4-20(22(29)25-21)27-14-19-17(2-1-3-18(19)23(27)30)13-26-8-6-15(7-9-26)10-16-11-24-12-16/h1-3,15-16,20,24H,4-14H2,(H,25,28,29). The Morgan fingerprint density at radius 1 is 1.00 bits per heavy atom. The molecule has 1 atom stereocenters. The van der Waals surface area contributed by atoms with Crippen molar-refractivity contribution >= 4 is 17.7 Å². The monoisotopic (exact) mass is 410 g/mol. The Hall–Kier alpha value is -2.25. The first-order chi connectivity index (χ1) is 14.6. The van der Waals surface area contributed by atoms with Gasteiger partial charge < -0.3 is 10.2 Å². The molecule has 0 aliphatic carbocycles. The fraction of sp³-hybridized carbons (Fsp3) is 0.609. The Morgan fingerprint density at radius 3 is 2.50 bits per heavy atom. The molecule has 7 nitrogen and oxygen atoms in total. The predicted octanol–water partition coefficient (Wildman–Crippen LogP) is 1.27. The van der Waals surface area contributed by atoms with Crippen LogP contribution < -0.4 is 10.6 Å². The largest absolute Gasteiger partial charge is 0.322 e. The van der Waals surface area contributed by atoms with Gasteiger partial charge in [-0.15, -0.1) is 0 Å². The van der Waals surface area contributed by atoms with Gasteiger partial charge in [-0.3, -0.25) is 24.6 Å². The highest BCUT2D eigenvalue weighted by Crippen LogP contribution is 2.32. The number of nitrogens with one attached hydrogen (secondary N) is 2. The molecule has 4 aliphatic rings. The van der Waals surface area contributed by atoms with Crippen molar-refractivity contribution in [3.05, 3.63) is 34.9 Å². The van der Waals surface area contributed by atoms with E-state index < -0.39 is 6.04 Å². The molecule has 160 valence electrons. The van der Waals surface area contributed by atoms with Crippen LogP contribution in [-0.2, 0) is 22.7 Å². The molecule has 0 spiro atoms. The first-order valence-electron chi connectivity index (χ1n) is 11.3. The normalized spacial score (nSPS) is 25.9. The lowest BCUT2D eigenvalue weighted by atomic mass is 9.84. The molecule has 0 radical (unpaired) electrons. The third kappa shape index (κ3) is 3.76. The molecular weight excluding hydrogens is 380 g/mol. The van der Waals surface area contributed by atoms with Crippen molar-refractivity contribution in [3.63, 3.8) is 0 Å².